The van der Waals surface area contributed by atoms with Crippen LogP contribution in [0.1, 0.15) is 38.5 Å². The van der Waals surface area contributed by atoms with E-state index in [-0.39, 0.29) is 0 Å². The largest absolute Gasteiger partial charge is 0.356 e. The molecular weight excluding hydrogens is 252 g/mol. The van der Waals surface area contributed by atoms with Crippen molar-refractivity contribution in [1.29, 1.82) is 0 Å². The first kappa shape index (κ1) is 14.9. The molecule has 0 bridgehead atoms. The van der Waals surface area contributed by atoms with Crippen LogP contribution in [0.25, 0.3) is 0 Å². The van der Waals surface area contributed by atoms with Gasteiger partial charge in [0.2, 0.25) is 0 Å². The molecule has 6 nitrogen and oxygen atoms in total. The maximum absolute atomic E-state index is 4.47. The molecule has 0 aliphatic carbocycles. The summed E-state index contributed by atoms with van der Waals surface area (Å²) >= 11 is 0. The molecule has 0 unspecified atom stereocenters. The van der Waals surface area contributed by atoms with Gasteiger partial charge in [0.15, 0.2) is 11.9 Å². The molecule has 0 aromatic carbocycles. The Morgan fingerprint density at radius 1 is 0.750 bits per heavy atom. The number of aliphatic imine (C=N–C) groups is 2. The van der Waals surface area contributed by atoms with E-state index in [1.165, 1.54) is 25.7 Å². The van der Waals surface area contributed by atoms with Crippen LogP contribution >= 0.6 is 0 Å². The van der Waals surface area contributed by atoms with Crippen molar-refractivity contribution < 1.29 is 0 Å². The number of hydrogen-bond donors (Lipinski definition) is 4. The average molecular weight is 280 g/mol. The predicted molar refractivity (Wildman–Crippen MR) is 84.3 cm³/mol. The van der Waals surface area contributed by atoms with E-state index in [0.29, 0.717) is 0 Å². The maximum atomic E-state index is 4.47. The molecule has 0 saturated heterocycles. The Balaban J connectivity index is 1.49. The van der Waals surface area contributed by atoms with Crippen molar-refractivity contribution in [2.75, 3.05) is 39.3 Å². The number of rotatable bonds is 5. The zero-order chi connectivity index (χ0) is 13.9. The van der Waals surface area contributed by atoms with Crippen molar-refractivity contribution in [3.05, 3.63) is 0 Å². The molecule has 0 fully saturated rings. The predicted octanol–water partition coefficient (Wildman–Crippen LogP) is 0.425. The van der Waals surface area contributed by atoms with Crippen molar-refractivity contribution in [3.63, 3.8) is 0 Å². The van der Waals surface area contributed by atoms with E-state index >= 15 is 0 Å². The maximum Gasteiger partial charge on any atom is 0.191 e. The van der Waals surface area contributed by atoms with Crippen LogP contribution in [0.15, 0.2) is 9.98 Å². The van der Waals surface area contributed by atoms with Gasteiger partial charge in [-0.15, -0.1) is 0 Å². The lowest BCUT2D eigenvalue weighted by Crippen LogP contribution is -2.39. The summed E-state index contributed by atoms with van der Waals surface area (Å²) in [5.41, 5.74) is 0. The minimum Gasteiger partial charge on any atom is -0.356 e. The summed E-state index contributed by atoms with van der Waals surface area (Å²) in [5.74, 6) is 1.95. The number of guanidine groups is 2. The third-order valence-corrected chi connectivity index (χ3v) is 3.48. The van der Waals surface area contributed by atoms with Crippen LogP contribution in [0.3, 0.4) is 0 Å². The SMILES string of the molecule is C1CCNC(NCCCCNC2=NCCCCN2)=NC1. The third-order valence-electron chi connectivity index (χ3n) is 3.48. The van der Waals surface area contributed by atoms with Gasteiger partial charge < -0.3 is 21.3 Å². The summed E-state index contributed by atoms with van der Waals surface area (Å²) in [5, 5.41) is 13.4. The van der Waals surface area contributed by atoms with Crippen LogP contribution in [0, 0.1) is 0 Å². The second-order valence-corrected chi connectivity index (χ2v) is 5.29. The van der Waals surface area contributed by atoms with Gasteiger partial charge in [0.25, 0.3) is 0 Å². The fourth-order valence-corrected chi connectivity index (χ4v) is 2.28. The molecule has 0 saturated carbocycles. The van der Waals surface area contributed by atoms with Gasteiger partial charge in [-0.2, -0.15) is 0 Å². The molecule has 0 amide bonds. The first-order valence-corrected chi connectivity index (χ1v) is 7.99. The van der Waals surface area contributed by atoms with Crippen LogP contribution in [-0.2, 0) is 0 Å². The summed E-state index contributed by atoms with van der Waals surface area (Å²) < 4.78 is 0. The zero-order valence-electron chi connectivity index (χ0n) is 12.4. The molecule has 2 aliphatic heterocycles. The van der Waals surface area contributed by atoms with Gasteiger partial charge in [-0.05, 0) is 38.5 Å². The van der Waals surface area contributed by atoms with Crippen molar-refractivity contribution in [1.82, 2.24) is 21.3 Å². The van der Waals surface area contributed by atoms with E-state index in [4.69, 9.17) is 0 Å². The highest BCUT2D eigenvalue weighted by Gasteiger charge is 2.03. The van der Waals surface area contributed by atoms with Gasteiger partial charge in [-0.25, -0.2) is 0 Å². The van der Waals surface area contributed by atoms with E-state index in [1.54, 1.807) is 0 Å². The summed E-state index contributed by atoms with van der Waals surface area (Å²) in [4.78, 5) is 8.95. The quantitative estimate of drug-likeness (QED) is 0.551. The number of unbranched alkanes of at least 4 members (excludes halogenated alkanes) is 1. The highest BCUT2D eigenvalue weighted by Crippen LogP contribution is 1.94. The topological polar surface area (TPSA) is 72.8 Å². The Hall–Kier alpha value is -1.46. The van der Waals surface area contributed by atoms with E-state index in [1.807, 2.05) is 0 Å². The summed E-state index contributed by atoms with van der Waals surface area (Å²) in [6, 6.07) is 0. The second-order valence-electron chi connectivity index (χ2n) is 5.29. The van der Waals surface area contributed by atoms with E-state index < -0.39 is 0 Å². The third kappa shape index (κ3) is 6.12. The van der Waals surface area contributed by atoms with Gasteiger partial charge in [-0.3, -0.25) is 9.98 Å². The molecule has 6 heteroatoms. The van der Waals surface area contributed by atoms with Crippen LogP contribution in [-0.4, -0.2) is 51.2 Å². The Kier molecular flexibility index (Phi) is 7.05. The molecule has 2 heterocycles. The molecule has 0 radical (unpaired) electrons. The molecule has 114 valence electrons. The lowest BCUT2D eigenvalue weighted by molar-refractivity contribution is 0.671. The van der Waals surface area contributed by atoms with Crippen LogP contribution in [0.4, 0.5) is 0 Å². The van der Waals surface area contributed by atoms with Gasteiger partial charge in [0.1, 0.15) is 0 Å². The molecule has 2 rings (SSSR count). The Morgan fingerprint density at radius 2 is 1.25 bits per heavy atom. The van der Waals surface area contributed by atoms with E-state index in [0.717, 1.165) is 64.0 Å². The lowest BCUT2D eigenvalue weighted by atomic mass is 10.3. The highest BCUT2D eigenvalue weighted by atomic mass is 15.2. The van der Waals surface area contributed by atoms with Crippen molar-refractivity contribution in [2.45, 2.75) is 38.5 Å². The zero-order valence-corrected chi connectivity index (χ0v) is 12.4. The number of nitrogens with zero attached hydrogens (tertiary/aromatic N) is 2. The van der Waals surface area contributed by atoms with Gasteiger partial charge in [-0.1, -0.05) is 0 Å². The highest BCUT2D eigenvalue weighted by molar-refractivity contribution is 5.80. The van der Waals surface area contributed by atoms with E-state index in [2.05, 4.69) is 31.3 Å². The Morgan fingerprint density at radius 3 is 1.75 bits per heavy atom. The molecule has 0 aromatic heterocycles. The number of hydrogen-bond acceptors (Lipinski definition) is 6. The standard InChI is InChI=1S/C14H28N6/c1-2-8-16-13(15-7-1)19-11-5-6-12-20-14-17-9-3-4-10-18-14/h1-12H2,(H2,15,16,19)(H2,17,18,20). The molecule has 0 spiro atoms. The average Bonchev–Trinajstić information content (AvgIpc) is 2.87. The second kappa shape index (κ2) is 9.44. The first-order valence-electron chi connectivity index (χ1n) is 7.99. The van der Waals surface area contributed by atoms with Crippen molar-refractivity contribution in [3.8, 4) is 0 Å². The number of nitrogens with one attached hydrogen (secondary N) is 4. The van der Waals surface area contributed by atoms with Gasteiger partial charge in [0, 0.05) is 39.3 Å². The molecule has 0 atom stereocenters. The van der Waals surface area contributed by atoms with Crippen LogP contribution in [0.2, 0.25) is 0 Å². The van der Waals surface area contributed by atoms with Crippen LogP contribution < -0.4 is 21.3 Å². The van der Waals surface area contributed by atoms with Crippen LogP contribution in [0.5, 0.6) is 0 Å². The lowest BCUT2D eigenvalue weighted by Gasteiger charge is -2.11. The normalized spacial score (nSPS) is 19.6. The Bertz CT molecular complexity index is 294. The smallest absolute Gasteiger partial charge is 0.191 e. The van der Waals surface area contributed by atoms with Gasteiger partial charge >= 0.3 is 0 Å². The summed E-state index contributed by atoms with van der Waals surface area (Å²) in [6.45, 7) is 5.93. The van der Waals surface area contributed by atoms with Crippen molar-refractivity contribution >= 4 is 11.9 Å². The summed E-state index contributed by atoms with van der Waals surface area (Å²) in [6.07, 6.45) is 7.10. The summed E-state index contributed by atoms with van der Waals surface area (Å²) in [7, 11) is 0. The van der Waals surface area contributed by atoms with E-state index in [9.17, 15) is 0 Å². The molecular formula is C14H28N6. The minimum absolute atomic E-state index is 0.947. The molecule has 20 heavy (non-hydrogen) atoms. The monoisotopic (exact) mass is 280 g/mol. The van der Waals surface area contributed by atoms with Crippen molar-refractivity contribution in [2.24, 2.45) is 9.98 Å². The fourth-order valence-electron chi connectivity index (χ4n) is 2.28. The molecule has 2 aliphatic rings. The first-order chi connectivity index (χ1) is 9.95. The minimum atomic E-state index is 0.947. The molecule has 4 N–H and O–H groups in total. The fraction of sp³-hybridized carbons (Fsp3) is 0.857. The van der Waals surface area contributed by atoms with Gasteiger partial charge in [0.05, 0.1) is 0 Å². The molecule has 0 aromatic rings. The Labute approximate surface area is 121 Å².